The van der Waals surface area contributed by atoms with Crippen molar-refractivity contribution in [3.8, 4) is 22.8 Å². The lowest BCUT2D eigenvalue weighted by atomic mass is 10.1. The Morgan fingerprint density at radius 2 is 1.83 bits per heavy atom. The van der Waals surface area contributed by atoms with Gasteiger partial charge in [-0.3, -0.25) is 5.10 Å². The number of para-hydroxylation sites is 2. The number of ether oxygens (including phenoxy) is 2. The molecule has 0 aliphatic heterocycles. The molecule has 0 saturated carbocycles. The summed E-state index contributed by atoms with van der Waals surface area (Å²) in [6.45, 7) is 3.15. The number of hydrogen-bond acceptors (Lipinski definition) is 6. The molecule has 156 valence electrons. The largest absolute Gasteiger partial charge is 0.492 e. The van der Waals surface area contributed by atoms with Crippen LogP contribution in [-0.4, -0.2) is 47.2 Å². The van der Waals surface area contributed by atoms with E-state index in [2.05, 4.69) is 15.5 Å². The molecular formula is C23H25N3O3S. The zero-order chi connectivity index (χ0) is 20.8. The highest BCUT2D eigenvalue weighted by Crippen LogP contribution is 2.35. The van der Waals surface area contributed by atoms with E-state index in [9.17, 15) is 5.11 Å². The molecule has 0 bridgehead atoms. The summed E-state index contributed by atoms with van der Waals surface area (Å²) in [5, 5.41) is 23.2. The van der Waals surface area contributed by atoms with Crippen LogP contribution >= 0.6 is 11.3 Å². The highest BCUT2D eigenvalue weighted by molar-refractivity contribution is 7.17. The highest BCUT2D eigenvalue weighted by Gasteiger charge is 2.15. The Balaban J connectivity index is 1.28. The van der Waals surface area contributed by atoms with Crippen LogP contribution in [0.5, 0.6) is 11.5 Å². The molecule has 0 aliphatic rings. The van der Waals surface area contributed by atoms with Gasteiger partial charge < -0.3 is 19.9 Å². The number of fused-ring (bicyclic) bond motifs is 1. The number of thiophene rings is 1. The van der Waals surface area contributed by atoms with Crippen LogP contribution in [0.4, 0.5) is 0 Å². The van der Waals surface area contributed by atoms with Gasteiger partial charge in [-0.15, -0.1) is 11.3 Å². The van der Waals surface area contributed by atoms with Crippen LogP contribution in [0.15, 0.2) is 66.0 Å². The van der Waals surface area contributed by atoms with Gasteiger partial charge in [0.2, 0.25) is 0 Å². The number of nitrogens with zero attached hydrogens (tertiary/aromatic N) is 1. The average molecular weight is 424 g/mol. The van der Waals surface area contributed by atoms with Gasteiger partial charge in [0.25, 0.3) is 0 Å². The van der Waals surface area contributed by atoms with Gasteiger partial charge in [-0.1, -0.05) is 30.3 Å². The van der Waals surface area contributed by atoms with Crippen LogP contribution in [0.2, 0.25) is 0 Å². The minimum atomic E-state index is -0.641. The van der Waals surface area contributed by atoms with Gasteiger partial charge in [0.1, 0.15) is 36.5 Å². The second-order valence-electron chi connectivity index (χ2n) is 7.13. The van der Waals surface area contributed by atoms with E-state index in [1.54, 1.807) is 11.3 Å². The Morgan fingerprint density at radius 3 is 2.70 bits per heavy atom. The molecule has 7 heteroatoms. The summed E-state index contributed by atoms with van der Waals surface area (Å²) >= 11 is 1.64. The predicted octanol–water partition coefficient (Wildman–Crippen LogP) is 4.09. The Bertz CT molecular complexity index is 1060. The lowest BCUT2D eigenvalue weighted by Crippen LogP contribution is -2.39. The maximum atomic E-state index is 10.4. The van der Waals surface area contributed by atoms with E-state index in [0.29, 0.717) is 18.9 Å². The smallest absolute Gasteiger partial charge is 0.128 e. The van der Waals surface area contributed by atoms with Crippen molar-refractivity contribution in [1.82, 2.24) is 15.5 Å². The molecule has 0 saturated heterocycles. The second-order valence-corrected chi connectivity index (χ2v) is 8.05. The van der Waals surface area contributed by atoms with E-state index < -0.39 is 6.10 Å². The summed E-state index contributed by atoms with van der Waals surface area (Å²) in [7, 11) is 0. The minimum absolute atomic E-state index is 0.100. The number of nitrogens with one attached hydrogen (secondary N) is 2. The van der Waals surface area contributed by atoms with Gasteiger partial charge in [0, 0.05) is 18.2 Å². The van der Waals surface area contributed by atoms with E-state index in [4.69, 9.17) is 9.47 Å². The lowest BCUT2D eigenvalue weighted by Gasteiger charge is -2.18. The number of benzene rings is 2. The highest BCUT2D eigenvalue weighted by atomic mass is 32.1. The van der Waals surface area contributed by atoms with Crippen molar-refractivity contribution in [2.24, 2.45) is 0 Å². The molecule has 30 heavy (non-hydrogen) atoms. The molecule has 2 atom stereocenters. The van der Waals surface area contributed by atoms with Crippen molar-refractivity contribution in [2.45, 2.75) is 19.1 Å². The van der Waals surface area contributed by atoms with Gasteiger partial charge in [0.05, 0.1) is 10.2 Å². The molecule has 0 fully saturated rings. The summed E-state index contributed by atoms with van der Waals surface area (Å²) in [6.07, 6.45) is -0.641. The van der Waals surface area contributed by atoms with Crippen molar-refractivity contribution in [3.05, 3.63) is 66.0 Å². The SMILES string of the molecule is CC(COc1ccccc1)NCC(O)COc1ccccc1-c1n[nH]c2ccsc12. The summed E-state index contributed by atoms with van der Waals surface area (Å²) in [4.78, 5) is 0. The molecule has 2 unspecified atom stereocenters. The van der Waals surface area contributed by atoms with Crippen molar-refractivity contribution in [2.75, 3.05) is 19.8 Å². The van der Waals surface area contributed by atoms with E-state index >= 15 is 0 Å². The van der Waals surface area contributed by atoms with Gasteiger partial charge in [-0.2, -0.15) is 5.10 Å². The molecule has 6 nitrogen and oxygen atoms in total. The van der Waals surface area contributed by atoms with Gasteiger partial charge in [-0.25, -0.2) is 0 Å². The van der Waals surface area contributed by atoms with E-state index in [0.717, 1.165) is 27.2 Å². The van der Waals surface area contributed by atoms with Gasteiger partial charge >= 0.3 is 0 Å². The third-order valence-corrected chi connectivity index (χ3v) is 5.61. The van der Waals surface area contributed by atoms with Crippen molar-refractivity contribution < 1.29 is 14.6 Å². The van der Waals surface area contributed by atoms with Crippen LogP contribution in [0.1, 0.15) is 6.92 Å². The zero-order valence-electron chi connectivity index (χ0n) is 16.7. The van der Waals surface area contributed by atoms with Crippen LogP contribution < -0.4 is 14.8 Å². The predicted molar refractivity (Wildman–Crippen MR) is 120 cm³/mol. The fourth-order valence-corrected chi connectivity index (χ4v) is 3.95. The fraction of sp³-hybridized carbons (Fsp3) is 0.261. The molecule has 2 heterocycles. The van der Waals surface area contributed by atoms with Crippen molar-refractivity contribution in [1.29, 1.82) is 0 Å². The Morgan fingerprint density at radius 1 is 1.03 bits per heavy atom. The fourth-order valence-electron chi connectivity index (χ4n) is 3.10. The molecule has 2 aromatic carbocycles. The van der Waals surface area contributed by atoms with E-state index in [1.807, 2.05) is 73.0 Å². The molecule has 3 N–H and O–H groups in total. The minimum Gasteiger partial charge on any atom is -0.492 e. The number of rotatable bonds is 10. The number of aliphatic hydroxyl groups excluding tert-OH is 1. The number of hydrogen-bond donors (Lipinski definition) is 3. The second kappa shape index (κ2) is 9.75. The van der Waals surface area contributed by atoms with Crippen LogP contribution in [-0.2, 0) is 0 Å². The van der Waals surface area contributed by atoms with Crippen molar-refractivity contribution >= 4 is 21.6 Å². The molecule has 4 rings (SSSR count). The first-order valence-electron chi connectivity index (χ1n) is 9.94. The molecule has 0 amide bonds. The first kappa shape index (κ1) is 20.4. The normalized spacial score (nSPS) is 13.3. The number of aromatic nitrogens is 2. The maximum Gasteiger partial charge on any atom is 0.128 e. The topological polar surface area (TPSA) is 79.4 Å². The Labute approximate surface area is 179 Å². The van der Waals surface area contributed by atoms with Crippen LogP contribution in [0.3, 0.4) is 0 Å². The summed E-state index contributed by atoms with van der Waals surface area (Å²) in [6, 6.07) is 19.6. The van der Waals surface area contributed by atoms with Gasteiger partial charge in [0.15, 0.2) is 0 Å². The summed E-state index contributed by atoms with van der Waals surface area (Å²) < 4.78 is 12.8. The number of H-pyrrole nitrogens is 1. The molecule has 0 spiro atoms. The molecule has 0 radical (unpaired) electrons. The Hall–Kier alpha value is -2.87. The van der Waals surface area contributed by atoms with Crippen LogP contribution in [0, 0.1) is 0 Å². The monoisotopic (exact) mass is 423 g/mol. The summed E-state index contributed by atoms with van der Waals surface area (Å²) in [5.41, 5.74) is 2.80. The molecule has 4 aromatic rings. The number of aromatic amines is 1. The van der Waals surface area contributed by atoms with E-state index in [-0.39, 0.29) is 12.6 Å². The molecular weight excluding hydrogens is 398 g/mol. The quantitative estimate of drug-likeness (QED) is 0.358. The van der Waals surface area contributed by atoms with Crippen LogP contribution in [0.25, 0.3) is 21.5 Å². The zero-order valence-corrected chi connectivity index (χ0v) is 17.6. The maximum absolute atomic E-state index is 10.4. The number of aliphatic hydroxyl groups is 1. The standard InChI is InChI=1S/C23H25N3O3S/c1-16(14-28-18-7-3-2-4-8-18)24-13-17(27)15-29-21-10-6-5-9-19(21)22-23-20(25-26-22)11-12-30-23/h2-12,16-17,24,27H,13-15H2,1H3,(H,25,26). The first-order chi connectivity index (χ1) is 14.7. The average Bonchev–Trinajstić information content (AvgIpc) is 3.40. The molecule has 0 aliphatic carbocycles. The third-order valence-electron chi connectivity index (χ3n) is 4.69. The van der Waals surface area contributed by atoms with Crippen molar-refractivity contribution in [3.63, 3.8) is 0 Å². The van der Waals surface area contributed by atoms with E-state index in [1.165, 1.54) is 0 Å². The molecule has 2 aromatic heterocycles. The third kappa shape index (κ3) is 4.99. The Kier molecular flexibility index (Phi) is 6.63. The van der Waals surface area contributed by atoms with Gasteiger partial charge in [-0.05, 0) is 42.6 Å². The first-order valence-corrected chi connectivity index (χ1v) is 10.8. The lowest BCUT2D eigenvalue weighted by molar-refractivity contribution is 0.102. The summed E-state index contributed by atoms with van der Waals surface area (Å²) in [5.74, 6) is 1.55.